The highest BCUT2D eigenvalue weighted by atomic mass is 16.5. The van der Waals surface area contributed by atoms with Crippen molar-refractivity contribution in [3.63, 3.8) is 0 Å². The zero-order valence-electron chi connectivity index (χ0n) is 11.2. The summed E-state index contributed by atoms with van der Waals surface area (Å²) in [5.74, 6) is 18.4. The molecule has 1 fully saturated rings. The normalized spacial score (nSPS) is 12.9. The number of allylic oxidation sites excluding steroid dienone is 1. The van der Waals surface area contributed by atoms with Crippen LogP contribution >= 0.6 is 0 Å². The molecule has 0 saturated carbocycles. The van der Waals surface area contributed by atoms with Crippen LogP contribution in [0.5, 0.6) is 0 Å². The van der Waals surface area contributed by atoms with Gasteiger partial charge in [0.25, 0.3) is 0 Å². The van der Waals surface area contributed by atoms with Gasteiger partial charge in [0.15, 0.2) is 0 Å². The van der Waals surface area contributed by atoms with E-state index in [9.17, 15) is 5.21 Å². The second-order valence-corrected chi connectivity index (χ2v) is 3.83. The van der Waals surface area contributed by atoms with Crippen LogP contribution in [0.4, 0.5) is 0 Å². The SMILES string of the molecule is C=C[CH-]C#CC#CC#CC#CN1CCC(=C)N(O)CC1. The molecule has 0 bridgehead atoms. The maximum absolute atomic E-state index is 9.50. The maximum Gasteiger partial charge on any atom is 0.0632 e. The first kappa shape index (κ1) is 15.2. The summed E-state index contributed by atoms with van der Waals surface area (Å²) in [6.07, 6.45) is 3.89. The molecule has 1 saturated heterocycles. The Hall–Kier alpha value is -2.85. The van der Waals surface area contributed by atoms with Gasteiger partial charge in [-0.3, -0.25) is 10.3 Å². The van der Waals surface area contributed by atoms with Crippen LogP contribution in [0.1, 0.15) is 6.42 Å². The van der Waals surface area contributed by atoms with Crippen molar-refractivity contribution >= 4 is 0 Å². The van der Waals surface area contributed by atoms with Crippen molar-refractivity contribution in [2.75, 3.05) is 19.6 Å². The highest BCUT2D eigenvalue weighted by Gasteiger charge is 2.12. The lowest BCUT2D eigenvalue weighted by Gasteiger charge is -2.15. The van der Waals surface area contributed by atoms with E-state index in [-0.39, 0.29) is 0 Å². The van der Waals surface area contributed by atoms with Crippen LogP contribution < -0.4 is 0 Å². The molecule has 1 aliphatic heterocycles. The quantitative estimate of drug-likeness (QED) is 0.570. The molecule has 0 amide bonds. The van der Waals surface area contributed by atoms with Crippen LogP contribution in [0.2, 0.25) is 0 Å². The van der Waals surface area contributed by atoms with Crippen molar-refractivity contribution in [3.8, 4) is 47.5 Å². The van der Waals surface area contributed by atoms with E-state index in [1.54, 1.807) is 12.5 Å². The second-order valence-electron chi connectivity index (χ2n) is 3.83. The van der Waals surface area contributed by atoms with Crippen molar-refractivity contribution in [1.82, 2.24) is 9.96 Å². The van der Waals surface area contributed by atoms with Crippen molar-refractivity contribution in [3.05, 3.63) is 31.4 Å². The fourth-order valence-electron chi connectivity index (χ4n) is 1.36. The Morgan fingerprint density at radius 3 is 2.50 bits per heavy atom. The van der Waals surface area contributed by atoms with Crippen LogP contribution in [0.25, 0.3) is 0 Å². The predicted octanol–water partition coefficient (Wildman–Crippen LogP) is 1.26. The minimum atomic E-state index is 0.496. The van der Waals surface area contributed by atoms with E-state index in [0.717, 1.165) is 11.6 Å². The molecule has 0 radical (unpaired) electrons. The first-order valence-corrected chi connectivity index (χ1v) is 6.08. The van der Waals surface area contributed by atoms with Crippen LogP contribution in [0.15, 0.2) is 24.9 Å². The van der Waals surface area contributed by atoms with E-state index in [2.05, 4.69) is 60.6 Å². The number of hydrogen-bond donors (Lipinski definition) is 1. The van der Waals surface area contributed by atoms with Crippen LogP contribution in [0.3, 0.4) is 0 Å². The lowest BCUT2D eigenvalue weighted by atomic mass is 10.3. The summed E-state index contributed by atoms with van der Waals surface area (Å²) in [6, 6.07) is 2.92. The van der Waals surface area contributed by atoms with Crippen molar-refractivity contribution in [1.29, 1.82) is 0 Å². The van der Waals surface area contributed by atoms with E-state index < -0.39 is 0 Å². The van der Waals surface area contributed by atoms with Crippen molar-refractivity contribution in [2.24, 2.45) is 0 Å². The Balaban J connectivity index is 2.45. The van der Waals surface area contributed by atoms with E-state index >= 15 is 0 Å². The molecule has 1 N–H and O–H groups in total. The molecule has 0 aromatic heterocycles. The van der Waals surface area contributed by atoms with E-state index in [0.29, 0.717) is 25.2 Å². The largest absolute Gasteiger partial charge is 0.330 e. The van der Waals surface area contributed by atoms with Gasteiger partial charge in [0.2, 0.25) is 0 Å². The summed E-state index contributed by atoms with van der Waals surface area (Å²) in [4.78, 5) is 1.91. The zero-order chi connectivity index (χ0) is 14.6. The van der Waals surface area contributed by atoms with E-state index in [1.807, 2.05) is 4.90 Å². The summed E-state index contributed by atoms with van der Waals surface area (Å²) in [5.41, 5.74) is 0.709. The van der Waals surface area contributed by atoms with Gasteiger partial charge in [0, 0.05) is 43.1 Å². The Morgan fingerprint density at radius 1 is 1.05 bits per heavy atom. The molecule has 0 aromatic rings. The minimum absolute atomic E-state index is 0.496. The van der Waals surface area contributed by atoms with Gasteiger partial charge in [-0.15, -0.1) is 6.42 Å². The highest BCUT2D eigenvalue weighted by Crippen LogP contribution is 2.08. The Morgan fingerprint density at radius 2 is 1.75 bits per heavy atom. The summed E-state index contributed by atoms with van der Waals surface area (Å²) in [6.45, 7) is 9.16. The predicted molar refractivity (Wildman–Crippen MR) is 79.4 cm³/mol. The molecule has 100 valence electrons. The average Bonchev–Trinajstić information content (AvgIpc) is 2.61. The molecule has 3 nitrogen and oxygen atoms in total. The molecular weight excluding hydrogens is 248 g/mol. The molecule has 0 aliphatic carbocycles. The first-order valence-electron chi connectivity index (χ1n) is 6.08. The highest BCUT2D eigenvalue weighted by molar-refractivity contribution is 5.41. The minimum Gasteiger partial charge on any atom is -0.330 e. The first-order chi connectivity index (χ1) is 9.74. The third kappa shape index (κ3) is 6.18. The van der Waals surface area contributed by atoms with Gasteiger partial charge in [-0.05, 0) is 11.8 Å². The summed E-state index contributed by atoms with van der Waals surface area (Å²) < 4.78 is 0. The van der Waals surface area contributed by atoms with Gasteiger partial charge in [0.1, 0.15) is 0 Å². The van der Waals surface area contributed by atoms with Gasteiger partial charge >= 0.3 is 0 Å². The summed E-state index contributed by atoms with van der Waals surface area (Å²) in [5, 5.41) is 10.7. The second kappa shape index (κ2) is 9.13. The molecule has 3 heteroatoms. The molecule has 1 aliphatic rings. The average molecular weight is 263 g/mol. The van der Waals surface area contributed by atoms with E-state index in [1.165, 1.54) is 0 Å². The van der Waals surface area contributed by atoms with Crippen molar-refractivity contribution < 1.29 is 5.21 Å². The molecule has 20 heavy (non-hydrogen) atoms. The molecular formula is C17H15N2O-. The number of hydroxylamine groups is 2. The van der Waals surface area contributed by atoms with E-state index in [4.69, 9.17) is 0 Å². The number of hydrogen-bond acceptors (Lipinski definition) is 3. The van der Waals surface area contributed by atoms with Gasteiger partial charge in [-0.25, -0.2) is 5.92 Å². The van der Waals surface area contributed by atoms with Gasteiger partial charge in [0.05, 0.1) is 6.54 Å². The standard InChI is InChI=1S/C17H15N2O/c1-3-4-5-6-7-8-9-10-11-13-18-14-12-17(2)19(20)16-15-18/h3-4,20H,1-2,12,14-16H2/q-1. The smallest absolute Gasteiger partial charge is 0.0632 e. The fourth-order valence-corrected chi connectivity index (χ4v) is 1.36. The summed E-state index contributed by atoms with van der Waals surface area (Å²) in [7, 11) is 0. The molecule has 1 heterocycles. The lowest BCUT2D eigenvalue weighted by molar-refractivity contribution is -0.0537. The number of rotatable bonds is 1. The van der Waals surface area contributed by atoms with Gasteiger partial charge in [-0.1, -0.05) is 12.5 Å². The van der Waals surface area contributed by atoms with Gasteiger partial charge in [-0.2, -0.15) is 18.6 Å². The molecule has 0 spiro atoms. The van der Waals surface area contributed by atoms with Crippen LogP contribution in [-0.4, -0.2) is 34.8 Å². The Labute approximate surface area is 120 Å². The molecule has 0 unspecified atom stereocenters. The lowest BCUT2D eigenvalue weighted by Crippen LogP contribution is -2.25. The maximum atomic E-state index is 9.50. The monoisotopic (exact) mass is 263 g/mol. The number of nitrogens with zero attached hydrogens (tertiary/aromatic N) is 2. The zero-order valence-corrected chi connectivity index (χ0v) is 11.2. The van der Waals surface area contributed by atoms with Crippen LogP contribution in [-0.2, 0) is 0 Å². The molecule has 1 rings (SSSR count). The van der Waals surface area contributed by atoms with Crippen LogP contribution in [0, 0.1) is 53.9 Å². The molecule has 0 aromatic carbocycles. The third-order valence-corrected chi connectivity index (χ3v) is 2.42. The fraction of sp³-hybridized carbons (Fsp3) is 0.235. The third-order valence-electron chi connectivity index (χ3n) is 2.42. The van der Waals surface area contributed by atoms with Gasteiger partial charge < -0.3 is 4.90 Å². The topological polar surface area (TPSA) is 26.7 Å². The van der Waals surface area contributed by atoms with Crippen molar-refractivity contribution in [2.45, 2.75) is 6.42 Å². The molecule has 0 atom stereocenters. The summed E-state index contributed by atoms with van der Waals surface area (Å²) >= 11 is 0. The Kier molecular flexibility index (Phi) is 6.94. The Bertz CT molecular complexity index is 602.